The van der Waals surface area contributed by atoms with Crippen LogP contribution in [0.2, 0.25) is 0 Å². The van der Waals surface area contributed by atoms with E-state index in [1.165, 1.54) is 0 Å². The molecule has 0 aromatic carbocycles. The van der Waals surface area contributed by atoms with Crippen LogP contribution >= 0.6 is 11.3 Å². The van der Waals surface area contributed by atoms with Crippen molar-refractivity contribution in [2.24, 2.45) is 0 Å². The molecule has 0 aliphatic rings. The van der Waals surface area contributed by atoms with Crippen molar-refractivity contribution in [3.05, 3.63) is 22.4 Å². The van der Waals surface area contributed by atoms with Gasteiger partial charge in [0.2, 0.25) is 0 Å². The fourth-order valence-electron chi connectivity index (χ4n) is 1.77. The Labute approximate surface area is 140 Å². The van der Waals surface area contributed by atoms with E-state index in [-0.39, 0.29) is 6.92 Å². The SMILES string of the molecule is CC(c1cccs1)C(F)(F)C(F)(F)C(F)(F)C(F)(F)C(F)(F)C(F)(F)F. The molecule has 0 saturated heterocycles. The molecule has 0 spiro atoms. The number of hydrogen-bond donors (Lipinski definition) is 0. The average Bonchev–Trinajstić information content (AvgIpc) is 2.98. The van der Waals surface area contributed by atoms with Crippen LogP contribution in [0.4, 0.5) is 57.1 Å². The summed E-state index contributed by atoms with van der Waals surface area (Å²) in [6.45, 7) is 0.204. The molecule has 1 heterocycles. The Morgan fingerprint density at radius 1 is 0.692 bits per heavy atom. The Hall–Kier alpha value is -1.21. The largest absolute Gasteiger partial charge is 0.460 e. The van der Waals surface area contributed by atoms with E-state index >= 15 is 0 Å². The second-order valence-corrected chi connectivity index (χ2v) is 6.13. The Morgan fingerprint density at radius 3 is 1.46 bits per heavy atom. The Kier molecular flexibility index (Phi) is 5.41. The molecule has 152 valence electrons. The van der Waals surface area contributed by atoms with Crippen molar-refractivity contribution in [1.82, 2.24) is 0 Å². The second-order valence-electron chi connectivity index (χ2n) is 5.16. The zero-order chi connectivity index (χ0) is 21.0. The lowest BCUT2D eigenvalue weighted by Crippen LogP contribution is -2.70. The molecule has 0 bridgehead atoms. The zero-order valence-corrected chi connectivity index (χ0v) is 12.9. The molecular weight excluding hydrogens is 423 g/mol. The number of thiophene rings is 1. The fraction of sp³-hybridized carbons (Fsp3) is 0.667. The molecule has 0 aliphatic carbocycles. The molecule has 0 fully saturated rings. The third-order valence-corrected chi connectivity index (χ3v) is 4.53. The molecule has 1 aromatic heterocycles. The summed E-state index contributed by atoms with van der Waals surface area (Å²) < 4.78 is 169. The first-order valence-corrected chi connectivity index (χ1v) is 7.14. The molecule has 0 saturated carbocycles. The summed E-state index contributed by atoms with van der Waals surface area (Å²) in [5, 5.41) is 1.03. The number of hydrogen-bond acceptors (Lipinski definition) is 1. The van der Waals surface area contributed by atoms with Crippen molar-refractivity contribution < 1.29 is 57.1 Å². The van der Waals surface area contributed by atoms with E-state index in [2.05, 4.69) is 0 Å². The lowest BCUT2D eigenvalue weighted by atomic mass is 9.87. The van der Waals surface area contributed by atoms with Crippen molar-refractivity contribution in [2.75, 3.05) is 0 Å². The third-order valence-electron chi connectivity index (χ3n) is 3.47. The van der Waals surface area contributed by atoms with Crippen LogP contribution in [0.3, 0.4) is 0 Å². The fourth-order valence-corrected chi connectivity index (χ4v) is 2.59. The maximum Gasteiger partial charge on any atom is 0.460 e. The minimum Gasteiger partial charge on any atom is -0.199 e. The van der Waals surface area contributed by atoms with Crippen LogP contribution in [-0.4, -0.2) is 35.8 Å². The highest BCUT2D eigenvalue weighted by atomic mass is 32.1. The van der Waals surface area contributed by atoms with E-state index in [0.29, 0.717) is 11.3 Å². The monoisotopic (exact) mass is 430 g/mol. The van der Waals surface area contributed by atoms with Gasteiger partial charge in [0.25, 0.3) is 0 Å². The van der Waals surface area contributed by atoms with Crippen LogP contribution in [0.15, 0.2) is 17.5 Å². The van der Waals surface area contributed by atoms with Gasteiger partial charge >= 0.3 is 35.8 Å². The zero-order valence-electron chi connectivity index (χ0n) is 12.1. The van der Waals surface area contributed by atoms with Gasteiger partial charge in [0.15, 0.2) is 0 Å². The van der Waals surface area contributed by atoms with E-state index < -0.39 is 46.6 Å². The predicted molar refractivity (Wildman–Crippen MR) is 63.5 cm³/mol. The van der Waals surface area contributed by atoms with Gasteiger partial charge in [-0.25, -0.2) is 0 Å². The summed E-state index contributed by atoms with van der Waals surface area (Å²) in [4.78, 5) is -0.712. The molecule has 1 aromatic rings. The molecule has 0 nitrogen and oxygen atoms in total. The maximum atomic E-state index is 13.8. The Morgan fingerprint density at radius 2 is 1.12 bits per heavy atom. The maximum absolute atomic E-state index is 13.8. The van der Waals surface area contributed by atoms with Gasteiger partial charge in [0, 0.05) is 4.88 Å². The lowest BCUT2D eigenvalue weighted by molar-refractivity contribution is -0.441. The summed E-state index contributed by atoms with van der Waals surface area (Å²) in [5.74, 6) is -39.5. The summed E-state index contributed by atoms with van der Waals surface area (Å²) >= 11 is 0.328. The van der Waals surface area contributed by atoms with Gasteiger partial charge in [0.1, 0.15) is 0 Å². The molecule has 1 unspecified atom stereocenters. The first kappa shape index (κ1) is 22.8. The van der Waals surface area contributed by atoms with Crippen LogP contribution in [0.5, 0.6) is 0 Å². The first-order chi connectivity index (χ1) is 11.3. The molecule has 1 atom stereocenters. The Bertz CT molecular complexity index is 614. The standard InChI is InChI=1S/C12H7F13S/c1-5(6-3-2-4-26-6)7(13,14)8(15,16)9(17,18)10(19,20)11(21,22)12(23,24)25/h2-5H,1H3. The summed E-state index contributed by atoms with van der Waals surface area (Å²) in [6.07, 6.45) is -7.40. The van der Waals surface area contributed by atoms with Crippen molar-refractivity contribution in [3.8, 4) is 0 Å². The van der Waals surface area contributed by atoms with Gasteiger partial charge in [0.05, 0.1) is 5.92 Å². The molecule has 0 radical (unpaired) electrons. The van der Waals surface area contributed by atoms with Crippen molar-refractivity contribution in [2.45, 2.75) is 48.6 Å². The minimum atomic E-state index is -7.86. The average molecular weight is 430 g/mol. The summed E-state index contributed by atoms with van der Waals surface area (Å²) in [5.41, 5.74) is 0. The van der Waals surface area contributed by atoms with E-state index in [9.17, 15) is 57.1 Å². The van der Waals surface area contributed by atoms with E-state index in [4.69, 9.17) is 0 Å². The van der Waals surface area contributed by atoms with E-state index in [1.54, 1.807) is 0 Å². The summed E-state index contributed by atoms with van der Waals surface area (Å²) in [7, 11) is 0. The molecule has 0 amide bonds. The van der Waals surface area contributed by atoms with Gasteiger partial charge in [-0.05, 0) is 11.4 Å². The van der Waals surface area contributed by atoms with Crippen molar-refractivity contribution in [1.29, 1.82) is 0 Å². The van der Waals surface area contributed by atoms with Crippen LogP contribution in [0.1, 0.15) is 17.7 Å². The molecule has 1 rings (SSSR count). The number of alkyl halides is 13. The molecule has 26 heavy (non-hydrogen) atoms. The summed E-state index contributed by atoms with van der Waals surface area (Å²) in [6, 6.07) is 1.75. The lowest BCUT2D eigenvalue weighted by Gasteiger charge is -2.41. The van der Waals surface area contributed by atoms with Crippen LogP contribution in [-0.2, 0) is 0 Å². The van der Waals surface area contributed by atoms with Gasteiger partial charge in [-0.1, -0.05) is 13.0 Å². The normalized spacial score (nSPS) is 16.7. The highest BCUT2D eigenvalue weighted by Crippen LogP contribution is 2.62. The van der Waals surface area contributed by atoms with Crippen molar-refractivity contribution in [3.63, 3.8) is 0 Å². The van der Waals surface area contributed by atoms with Crippen LogP contribution in [0, 0.1) is 0 Å². The third kappa shape index (κ3) is 2.93. The van der Waals surface area contributed by atoms with Gasteiger partial charge in [-0.15, -0.1) is 11.3 Å². The van der Waals surface area contributed by atoms with Crippen molar-refractivity contribution >= 4 is 11.3 Å². The van der Waals surface area contributed by atoms with Gasteiger partial charge < -0.3 is 0 Å². The topological polar surface area (TPSA) is 0 Å². The number of rotatable bonds is 6. The molecule has 0 aliphatic heterocycles. The minimum absolute atomic E-state index is 0.204. The number of halogens is 13. The van der Waals surface area contributed by atoms with Crippen LogP contribution < -0.4 is 0 Å². The first-order valence-electron chi connectivity index (χ1n) is 6.26. The molecule has 14 heteroatoms. The van der Waals surface area contributed by atoms with E-state index in [0.717, 1.165) is 17.5 Å². The predicted octanol–water partition coefficient (Wildman–Crippen LogP) is 6.59. The molecule has 0 N–H and O–H groups in total. The Balaban J connectivity index is 3.48. The van der Waals surface area contributed by atoms with E-state index in [1.807, 2.05) is 0 Å². The quantitative estimate of drug-likeness (QED) is 0.447. The highest BCUT2D eigenvalue weighted by molar-refractivity contribution is 7.10. The highest BCUT2D eigenvalue weighted by Gasteiger charge is 2.91. The smallest absolute Gasteiger partial charge is 0.199 e. The van der Waals surface area contributed by atoms with Gasteiger partial charge in [-0.3, -0.25) is 0 Å². The van der Waals surface area contributed by atoms with Crippen LogP contribution in [0.25, 0.3) is 0 Å². The van der Waals surface area contributed by atoms with Gasteiger partial charge in [-0.2, -0.15) is 57.1 Å². The molecular formula is C12H7F13S. The second kappa shape index (κ2) is 6.16.